The van der Waals surface area contributed by atoms with Gasteiger partial charge in [0, 0.05) is 82.5 Å². The summed E-state index contributed by atoms with van der Waals surface area (Å²) in [5, 5.41) is 6.53. The summed E-state index contributed by atoms with van der Waals surface area (Å²) < 4.78 is 159. The van der Waals surface area contributed by atoms with E-state index in [4.69, 9.17) is 75.6 Å². The van der Waals surface area contributed by atoms with Crippen LogP contribution < -0.4 is 22.1 Å². The standard InChI is InChI=1S/C29H32BrF2NO3.C29H31F2NO3.2C22H28BrNO3.3CH4O2S/c1-16-11-13-19(14-12-16)22-17(2)24(30)26(33-15-20-9-8-10-21(31)25(20)32)18(3)23(22)27(28(34)35-7)36-29(4,5)6;1-15-8-10-18(11-9-15)22-16(2)23-19-12-13-21(30)25(31)20(19)14-32-26(23)17(3)24(22)27(28(33)34-7)35-29(4,5)6;2*1-12-8-10-15(11-9-12)16-13(2)18(23)19(24)14(3)17(16)20(21(25)26-7)27-22(4,5)6;3*1-4(2)3/h8-14,27,33H,15H2,1-7H3;8-13,27,32H,14H2,1-7H3;2*8-11,20H,24H2,1-7H3;3*1H3,(H,2,3)/p-3/t2*27-;2*20-;;;/m0000.../s1. The first kappa shape index (κ1) is 118. The Kier molecular flexibility index (Phi) is 44.1. The first-order valence-corrected chi connectivity index (χ1v) is 50.1. The maximum atomic E-state index is 14.7. The third kappa shape index (κ3) is 32.1. The molecule has 746 valence electrons. The smallest absolute Gasteiger partial charge is 0.339 e. The minimum Gasteiger partial charge on any atom is -0.773 e. The molecule has 1 aliphatic rings. The molecular formula is C105H128Br3F4N4O18S3-3. The van der Waals surface area contributed by atoms with Gasteiger partial charge >= 0.3 is 23.9 Å². The van der Waals surface area contributed by atoms with Crippen LogP contribution in [0.2, 0.25) is 0 Å². The van der Waals surface area contributed by atoms with E-state index in [0.29, 0.717) is 33.8 Å². The summed E-state index contributed by atoms with van der Waals surface area (Å²) >= 11 is 5.35. The molecule has 0 spiro atoms. The van der Waals surface area contributed by atoms with Gasteiger partial charge in [0.15, 0.2) is 47.7 Å². The highest BCUT2D eigenvalue weighted by Gasteiger charge is 2.41. The van der Waals surface area contributed by atoms with Crippen molar-refractivity contribution in [3.8, 4) is 55.6 Å². The summed E-state index contributed by atoms with van der Waals surface area (Å²) in [7, 11) is 5.42. The lowest BCUT2D eigenvalue weighted by atomic mass is 9.80. The van der Waals surface area contributed by atoms with Crippen LogP contribution in [0.3, 0.4) is 0 Å². The average molecular weight is 2150 g/mol. The van der Waals surface area contributed by atoms with E-state index in [0.717, 1.165) is 167 Å². The Balaban J connectivity index is 0.000000312. The number of benzene rings is 10. The first-order valence-electron chi connectivity index (χ1n) is 43.3. The second-order valence-corrected chi connectivity index (χ2v) is 41.3. The summed E-state index contributed by atoms with van der Waals surface area (Å²) in [5.41, 5.74) is 36.5. The molecule has 3 unspecified atom stereocenters. The monoisotopic (exact) mass is 2140 g/mol. The SMILES string of the molecule is COC(=O)[C@@H](OC(C)(C)C)c1c(C)c(N)c(Br)c(C)c1-c1ccc(C)cc1.COC(=O)[C@@H](OC(C)(C)C)c1c(C)c(N)c(Br)c(C)c1-c1ccc(C)cc1.COC(=O)[C@@H](OC(C)(C)C)c1c(C)c(NCc2cccc(F)c2F)c(Br)c(C)c1-c1ccc(C)cc1.COC(=O)[C@@H](OC(C)(C)C)c1c(C)c2c(c(C)c1-c1ccc(C)cc1)-c1ccc(F)c(F)c1CN2.CS(=O)[O-].CS(=O)[O-].CS(=O)[O-]. The summed E-state index contributed by atoms with van der Waals surface area (Å²) in [4.78, 5) is 51.5. The Bertz CT molecular complexity index is 5860. The fourth-order valence-electron chi connectivity index (χ4n) is 15.3. The zero-order valence-electron chi connectivity index (χ0n) is 83.7. The number of methoxy groups -OCH3 is 4. The molecule has 1 heterocycles. The Labute approximate surface area is 837 Å². The molecule has 6 N–H and O–H groups in total. The van der Waals surface area contributed by atoms with Crippen LogP contribution >= 0.6 is 47.8 Å². The predicted molar refractivity (Wildman–Crippen MR) is 550 cm³/mol. The molecule has 0 saturated carbocycles. The van der Waals surface area contributed by atoms with Crippen LogP contribution in [0.4, 0.5) is 40.3 Å². The molecule has 11 rings (SSSR count). The number of nitrogens with one attached hydrogen (secondary N) is 2. The minimum atomic E-state index is -1.86. The molecule has 0 aromatic heterocycles. The van der Waals surface area contributed by atoms with Crippen LogP contribution in [-0.4, -0.2) is 120 Å². The van der Waals surface area contributed by atoms with Gasteiger partial charge in [-0.3, -0.25) is 12.6 Å². The molecule has 22 nitrogen and oxygen atoms in total. The fraction of sp³-hybridized carbons (Fsp3) is 0.390. The Hall–Kier alpha value is -9.39. The number of nitrogens with two attached hydrogens (primary N) is 2. The second kappa shape index (κ2) is 51.2. The number of esters is 4. The highest BCUT2D eigenvalue weighted by Crippen LogP contribution is 2.53. The van der Waals surface area contributed by atoms with Crippen LogP contribution in [0.5, 0.6) is 0 Å². The first-order chi connectivity index (χ1) is 63.4. The molecule has 10 aromatic carbocycles. The fourth-order valence-corrected chi connectivity index (χ4v) is 16.9. The molecule has 0 saturated heterocycles. The van der Waals surface area contributed by atoms with Gasteiger partial charge < -0.3 is 73.7 Å². The van der Waals surface area contributed by atoms with Crippen LogP contribution in [0.25, 0.3) is 55.6 Å². The van der Waals surface area contributed by atoms with E-state index in [2.05, 4.69) is 107 Å². The van der Waals surface area contributed by atoms with Gasteiger partial charge in [-0.15, -0.1) is 0 Å². The van der Waals surface area contributed by atoms with Gasteiger partial charge in [0.1, 0.15) is 0 Å². The molecular weight excluding hydrogens is 2020 g/mol. The van der Waals surface area contributed by atoms with E-state index in [1.807, 2.05) is 215 Å². The molecule has 32 heteroatoms. The quantitative estimate of drug-likeness (QED) is 0.0192. The molecule has 0 bridgehead atoms. The maximum Gasteiger partial charge on any atom is 0.339 e. The Morgan fingerprint density at radius 3 is 0.949 bits per heavy atom. The van der Waals surface area contributed by atoms with Gasteiger partial charge in [0.05, 0.1) is 56.5 Å². The van der Waals surface area contributed by atoms with Gasteiger partial charge in [-0.25, -0.2) is 36.7 Å². The lowest BCUT2D eigenvalue weighted by Crippen LogP contribution is -2.30. The van der Waals surface area contributed by atoms with E-state index in [9.17, 15) is 36.7 Å². The molecule has 0 fully saturated rings. The van der Waals surface area contributed by atoms with Crippen LogP contribution in [0.15, 0.2) is 141 Å². The van der Waals surface area contributed by atoms with Crippen molar-refractivity contribution in [3.05, 3.63) is 264 Å². The van der Waals surface area contributed by atoms with Crippen molar-refractivity contribution >= 4 is 128 Å². The van der Waals surface area contributed by atoms with Crippen molar-refractivity contribution < 1.29 is 101 Å². The van der Waals surface area contributed by atoms with Gasteiger partial charge in [-0.1, -0.05) is 171 Å². The summed E-state index contributed by atoms with van der Waals surface area (Å²) in [5.74, 6) is -5.42. The molecule has 137 heavy (non-hydrogen) atoms. The number of ether oxygens (including phenoxy) is 8. The van der Waals surface area contributed by atoms with Gasteiger partial charge in [-0.2, -0.15) is 0 Å². The average Bonchev–Trinajstić information content (AvgIpc) is 0.723. The van der Waals surface area contributed by atoms with E-state index < -0.39 is 127 Å². The van der Waals surface area contributed by atoms with E-state index in [1.165, 1.54) is 51.7 Å². The minimum absolute atomic E-state index is 0.0504. The number of halogens is 7. The number of carbonyl (C=O) groups excluding carboxylic acids is 4. The lowest BCUT2D eigenvalue weighted by molar-refractivity contribution is -0.164. The normalized spacial score (nSPS) is 13.1. The van der Waals surface area contributed by atoms with Crippen molar-refractivity contribution in [1.29, 1.82) is 0 Å². The van der Waals surface area contributed by atoms with E-state index >= 15 is 0 Å². The largest absolute Gasteiger partial charge is 0.773 e. The maximum absolute atomic E-state index is 14.7. The number of carbonyl (C=O) groups is 4. The highest BCUT2D eigenvalue weighted by atomic mass is 79.9. The zero-order chi connectivity index (χ0) is 104. The van der Waals surface area contributed by atoms with Crippen molar-refractivity contribution in [2.24, 2.45) is 0 Å². The van der Waals surface area contributed by atoms with Gasteiger partial charge in [0.2, 0.25) is 0 Å². The van der Waals surface area contributed by atoms with Gasteiger partial charge in [0.25, 0.3) is 0 Å². The van der Waals surface area contributed by atoms with Crippen molar-refractivity contribution in [2.75, 3.05) is 69.3 Å². The summed E-state index contributed by atoms with van der Waals surface area (Å²) in [6.45, 7) is 46.6. The van der Waals surface area contributed by atoms with Crippen molar-refractivity contribution in [3.63, 3.8) is 0 Å². The lowest BCUT2D eigenvalue weighted by Gasteiger charge is -2.33. The molecule has 0 aliphatic carbocycles. The van der Waals surface area contributed by atoms with Crippen molar-refractivity contribution in [2.45, 2.75) is 226 Å². The van der Waals surface area contributed by atoms with Gasteiger partial charge in [-0.05, 0) is 339 Å². The summed E-state index contributed by atoms with van der Waals surface area (Å²) in [6.07, 6.45) is -0.487. The number of hydrogen-bond donors (Lipinski definition) is 4. The number of fused-ring (bicyclic) bond motifs is 3. The van der Waals surface area contributed by atoms with Crippen LogP contribution in [-0.2, 0) is 103 Å². The Morgan fingerprint density at radius 1 is 0.387 bits per heavy atom. The third-order valence-corrected chi connectivity index (χ3v) is 24.4. The number of nitrogen functional groups attached to an aromatic ring is 2. The number of aryl methyl sites for hydroxylation is 4. The van der Waals surface area contributed by atoms with Crippen molar-refractivity contribution in [1.82, 2.24) is 0 Å². The number of hydrogen-bond acceptors (Lipinski definition) is 22. The highest BCUT2D eigenvalue weighted by molar-refractivity contribution is 9.11. The number of anilines is 4. The van der Waals surface area contributed by atoms with Crippen LogP contribution in [0, 0.1) is 106 Å². The number of rotatable bonds is 19. The molecule has 1 aliphatic heterocycles. The van der Waals surface area contributed by atoms with Crippen LogP contribution in [0.1, 0.15) is 208 Å². The molecule has 0 radical (unpaired) electrons. The predicted octanol–water partition coefficient (Wildman–Crippen LogP) is 24.9. The Morgan fingerprint density at radius 2 is 0.657 bits per heavy atom. The molecule has 7 atom stereocenters. The second-order valence-electron chi connectivity index (χ2n) is 36.6. The summed E-state index contributed by atoms with van der Waals surface area (Å²) in [6, 6.07) is 39.3. The van der Waals surface area contributed by atoms with E-state index in [-0.39, 0.29) is 24.2 Å². The van der Waals surface area contributed by atoms with E-state index in [1.54, 1.807) is 6.07 Å². The molecule has 0 amide bonds. The molecule has 10 aromatic rings. The third-order valence-electron chi connectivity index (χ3n) is 21.4. The zero-order valence-corrected chi connectivity index (χ0v) is 90.9. The topological polar surface area (TPSA) is 339 Å².